The summed E-state index contributed by atoms with van der Waals surface area (Å²) >= 11 is 5.71. The monoisotopic (exact) mass is 259 g/mol. The quantitative estimate of drug-likeness (QED) is 0.688. The van der Waals surface area contributed by atoms with Gasteiger partial charge in [0.15, 0.2) is 0 Å². The Balaban J connectivity index is 1.97. The molecular formula is C11H18ClN3O2. The van der Waals surface area contributed by atoms with E-state index in [2.05, 4.69) is 15.3 Å². The lowest BCUT2D eigenvalue weighted by atomic mass is 10.3. The molecule has 5 nitrogen and oxygen atoms in total. The van der Waals surface area contributed by atoms with E-state index in [1.807, 2.05) is 0 Å². The number of rotatable bonds is 9. The predicted molar refractivity (Wildman–Crippen MR) is 67.5 cm³/mol. The average Bonchev–Trinajstić information content (AvgIpc) is 2.33. The summed E-state index contributed by atoms with van der Waals surface area (Å²) in [7, 11) is 1.67. The Kier molecular flexibility index (Phi) is 7.62. The number of hydrogen-bond acceptors (Lipinski definition) is 5. The first-order valence-corrected chi connectivity index (χ1v) is 5.99. The van der Waals surface area contributed by atoms with Crippen LogP contribution in [0, 0.1) is 0 Å². The van der Waals surface area contributed by atoms with Crippen molar-refractivity contribution in [1.29, 1.82) is 0 Å². The van der Waals surface area contributed by atoms with E-state index in [0.717, 1.165) is 26.0 Å². The fraction of sp³-hybridized carbons (Fsp3) is 0.636. The maximum atomic E-state index is 5.71. The molecular weight excluding hydrogens is 242 g/mol. The van der Waals surface area contributed by atoms with Crippen LogP contribution in [0.4, 0.5) is 5.82 Å². The van der Waals surface area contributed by atoms with Gasteiger partial charge in [-0.3, -0.25) is 4.98 Å². The number of unbranched alkanes of at least 4 members (excludes halogenated alkanes) is 1. The number of hydrogen-bond donors (Lipinski definition) is 1. The van der Waals surface area contributed by atoms with Crippen LogP contribution in [0.5, 0.6) is 0 Å². The molecule has 0 saturated heterocycles. The number of halogens is 1. The van der Waals surface area contributed by atoms with E-state index in [1.54, 1.807) is 13.3 Å². The maximum absolute atomic E-state index is 5.71. The highest BCUT2D eigenvalue weighted by atomic mass is 35.5. The standard InChI is InChI=1S/C11H18ClN3O2/c1-16-6-7-17-5-3-2-4-14-11-9-13-8-10(12)15-11/h8-9H,2-7H2,1H3,(H,14,15). The summed E-state index contributed by atoms with van der Waals surface area (Å²) in [5.41, 5.74) is 0. The zero-order valence-corrected chi connectivity index (χ0v) is 10.7. The third kappa shape index (κ3) is 7.10. The molecule has 1 aromatic rings. The van der Waals surface area contributed by atoms with Gasteiger partial charge in [-0.2, -0.15) is 0 Å². The lowest BCUT2D eigenvalue weighted by Crippen LogP contribution is -2.07. The second-order valence-corrected chi connectivity index (χ2v) is 3.85. The number of anilines is 1. The van der Waals surface area contributed by atoms with E-state index in [4.69, 9.17) is 21.1 Å². The molecule has 0 spiro atoms. The fourth-order valence-electron chi connectivity index (χ4n) is 1.22. The third-order valence-corrected chi connectivity index (χ3v) is 2.24. The molecule has 0 aliphatic rings. The van der Waals surface area contributed by atoms with Gasteiger partial charge in [0.2, 0.25) is 0 Å². The van der Waals surface area contributed by atoms with Gasteiger partial charge >= 0.3 is 0 Å². The molecule has 0 aliphatic heterocycles. The van der Waals surface area contributed by atoms with E-state index in [-0.39, 0.29) is 0 Å². The van der Waals surface area contributed by atoms with Crippen LogP contribution in [-0.4, -0.2) is 43.4 Å². The van der Waals surface area contributed by atoms with Gasteiger partial charge < -0.3 is 14.8 Å². The lowest BCUT2D eigenvalue weighted by Gasteiger charge is -2.05. The van der Waals surface area contributed by atoms with Gasteiger partial charge in [-0.25, -0.2) is 4.98 Å². The smallest absolute Gasteiger partial charge is 0.149 e. The molecule has 0 bridgehead atoms. The van der Waals surface area contributed by atoms with Gasteiger partial charge in [0.1, 0.15) is 11.0 Å². The summed E-state index contributed by atoms with van der Waals surface area (Å²) in [6, 6.07) is 0. The molecule has 0 unspecified atom stereocenters. The van der Waals surface area contributed by atoms with Crippen molar-refractivity contribution in [2.75, 3.05) is 38.8 Å². The molecule has 1 N–H and O–H groups in total. The normalized spacial score (nSPS) is 10.5. The lowest BCUT2D eigenvalue weighted by molar-refractivity contribution is 0.0691. The van der Waals surface area contributed by atoms with Crippen LogP contribution in [-0.2, 0) is 9.47 Å². The summed E-state index contributed by atoms with van der Waals surface area (Å²) in [6.07, 6.45) is 5.18. The molecule has 0 radical (unpaired) electrons. The third-order valence-electron chi connectivity index (χ3n) is 2.06. The summed E-state index contributed by atoms with van der Waals surface area (Å²) in [5, 5.41) is 3.55. The van der Waals surface area contributed by atoms with Crippen LogP contribution in [0.1, 0.15) is 12.8 Å². The van der Waals surface area contributed by atoms with Crippen molar-refractivity contribution < 1.29 is 9.47 Å². The van der Waals surface area contributed by atoms with Crippen LogP contribution in [0.15, 0.2) is 12.4 Å². The number of ether oxygens (including phenoxy) is 2. The van der Waals surface area contributed by atoms with Crippen molar-refractivity contribution in [3.63, 3.8) is 0 Å². The highest BCUT2D eigenvalue weighted by Crippen LogP contribution is 2.06. The first kappa shape index (κ1) is 14.2. The van der Waals surface area contributed by atoms with Crippen molar-refractivity contribution in [3.8, 4) is 0 Å². The van der Waals surface area contributed by atoms with Gasteiger partial charge in [-0.05, 0) is 12.8 Å². The van der Waals surface area contributed by atoms with Crippen molar-refractivity contribution in [2.24, 2.45) is 0 Å². The van der Waals surface area contributed by atoms with Crippen molar-refractivity contribution >= 4 is 17.4 Å². The van der Waals surface area contributed by atoms with Gasteiger partial charge in [0.05, 0.1) is 25.6 Å². The first-order valence-electron chi connectivity index (χ1n) is 5.61. The Hall–Kier alpha value is -0.910. The molecule has 6 heteroatoms. The second-order valence-electron chi connectivity index (χ2n) is 3.47. The highest BCUT2D eigenvalue weighted by molar-refractivity contribution is 6.29. The molecule has 0 fully saturated rings. The number of nitrogens with one attached hydrogen (secondary N) is 1. The predicted octanol–water partition coefficient (Wildman–Crippen LogP) is 1.99. The van der Waals surface area contributed by atoms with E-state index in [0.29, 0.717) is 24.2 Å². The number of aromatic nitrogens is 2. The molecule has 1 rings (SSSR count). The Morgan fingerprint density at radius 2 is 2.12 bits per heavy atom. The minimum Gasteiger partial charge on any atom is -0.382 e. The molecule has 1 aromatic heterocycles. The van der Waals surface area contributed by atoms with Crippen molar-refractivity contribution in [3.05, 3.63) is 17.5 Å². The topological polar surface area (TPSA) is 56.3 Å². The SMILES string of the molecule is COCCOCCCCNc1cncc(Cl)n1. The van der Waals surface area contributed by atoms with E-state index in [1.165, 1.54) is 6.20 Å². The minimum atomic E-state index is 0.401. The van der Waals surface area contributed by atoms with Crippen LogP contribution < -0.4 is 5.32 Å². The van der Waals surface area contributed by atoms with Gasteiger partial charge in [0.25, 0.3) is 0 Å². The largest absolute Gasteiger partial charge is 0.382 e. The molecule has 0 amide bonds. The number of nitrogens with zero attached hydrogens (tertiary/aromatic N) is 2. The Bertz CT molecular complexity index is 313. The van der Waals surface area contributed by atoms with Crippen LogP contribution in [0.3, 0.4) is 0 Å². The van der Waals surface area contributed by atoms with Gasteiger partial charge in [0, 0.05) is 20.3 Å². The van der Waals surface area contributed by atoms with Crippen LogP contribution in [0.25, 0.3) is 0 Å². The summed E-state index contributed by atoms with van der Waals surface area (Å²) in [6.45, 7) is 2.90. The van der Waals surface area contributed by atoms with Gasteiger partial charge in [-0.15, -0.1) is 0 Å². The van der Waals surface area contributed by atoms with Crippen LogP contribution >= 0.6 is 11.6 Å². The zero-order chi connectivity index (χ0) is 12.3. The number of methoxy groups -OCH3 is 1. The first-order chi connectivity index (χ1) is 8.33. The van der Waals surface area contributed by atoms with E-state index < -0.39 is 0 Å². The molecule has 1 heterocycles. The summed E-state index contributed by atoms with van der Waals surface area (Å²) in [5.74, 6) is 0.706. The Morgan fingerprint density at radius 3 is 2.88 bits per heavy atom. The van der Waals surface area contributed by atoms with Crippen molar-refractivity contribution in [1.82, 2.24) is 9.97 Å². The zero-order valence-electron chi connectivity index (χ0n) is 9.99. The second kappa shape index (κ2) is 9.15. The molecule has 0 aromatic carbocycles. The molecule has 0 aliphatic carbocycles. The fourth-order valence-corrected chi connectivity index (χ4v) is 1.36. The molecule has 0 saturated carbocycles. The molecule has 0 atom stereocenters. The molecule has 96 valence electrons. The van der Waals surface area contributed by atoms with Crippen molar-refractivity contribution in [2.45, 2.75) is 12.8 Å². The van der Waals surface area contributed by atoms with E-state index in [9.17, 15) is 0 Å². The summed E-state index contributed by atoms with van der Waals surface area (Å²) < 4.78 is 10.2. The molecule has 17 heavy (non-hydrogen) atoms. The highest BCUT2D eigenvalue weighted by Gasteiger charge is 1.95. The van der Waals surface area contributed by atoms with E-state index >= 15 is 0 Å². The minimum absolute atomic E-state index is 0.401. The Morgan fingerprint density at radius 1 is 1.24 bits per heavy atom. The van der Waals surface area contributed by atoms with Crippen LogP contribution in [0.2, 0.25) is 5.15 Å². The Labute approximate surface area is 107 Å². The van der Waals surface area contributed by atoms with Gasteiger partial charge in [-0.1, -0.05) is 11.6 Å². The maximum Gasteiger partial charge on any atom is 0.149 e. The average molecular weight is 260 g/mol. The summed E-state index contributed by atoms with van der Waals surface area (Å²) in [4.78, 5) is 8.01.